The maximum atomic E-state index is 3.70. The monoisotopic (exact) mass is 234 g/mol. The van der Waals surface area contributed by atoms with Crippen molar-refractivity contribution in [1.29, 1.82) is 0 Å². The number of hydrogen-bond donors (Lipinski definition) is 0. The van der Waals surface area contributed by atoms with Crippen molar-refractivity contribution in [2.75, 3.05) is 0 Å². The molecule has 0 fully saturated rings. The molecule has 1 aromatic carbocycles. The standard InChI is InChI=1S/C13H14S2/c1-3-8-12(9-4-2)14-15-13-10-6-5-7-11-13/h3-11H,1H2,2H3/b9-4-,12-8+. The molecule has 0 N–H and O–H groups in total. The van der Waals surface area contributed by atoms with E-state index in [-0.39, 0.29) is 0 Å². The van der Waals surface area contributed by atoms with Crippen LogP contribution in [0.3, 0.4) is 0 Å². The van der Waals surface area contributed by atoms with E-state index in [4.69, 9.17) is 0 Å². The van der Waals surface area contributed by atoms with Crippen LogP contribution in [-0.4, -0.2) is 0 Å². The van der Waals surface area contributed by atoms with Crippen LogP contribution in [0.2, 0.25) is 0 Å². The summed E-state index contributed by atoms with van der Waals surface area (Å²) in [5.41, 5.74) is 0. The van der Waals surface area contributed by atoms with E-state index in [9.17, 15) is 0 Å². The summed E-state index contributed by atoms with van der Waals surface area (Å²) in [6.45, 7) is 5.72. The molecule has 0 nitrogen and oxygen atoms in total. The first-order valence-corrected chi connectivity index (χ1v) is 6.87. The van der Waals surface area contributed by atoms with Gasteiger partial charge in [0.15, 0.2) is 0 Å². The summed E-state index contributed by atoms with van der Waals surface area (Å²) < 4.78 is 0. The molecule has 0 atom stereocenters. The molecule has 0 unspecified atom stereocenters. The smallest absolute Gasteiger partial charge is 0.0186 e. The van der Waals surface area contributed by atoms with E-state index >= 15 is 0 Å². The second kappa shape index (κ2) is 7.43. The molecule has 0 bridgehead atoms. The van der Waals surface area contributed by atoms with Gasteiger partial charge in [0, 0.05) is 9.80 Å². The highest BCUT2D eigenvalue weighted by molar-refractivity contribution is 8.78. The molecule has 0 heterocycles. The number of hydrogen-bond acceptors (Lipinski definition) is 2. The maximum Gasteiger partial charge on any atom is 0.0186 e. The van der Waals surface area contributed by atoms with Crippen LogP contribution in [0.4, 0.5) is 0 Å². The van der Waals surface area contributed by atoms with Gasteiger partial charge in [-0.15, -0.1) is 0 Å². The fraction of sp³-hybridized carbons (Fsp3) is 0.0769. The van der Waals surface area contributed by atoms with E-state index < -0.39 is 0 Å². The second-order valence-corrected chi connectivity index (χ2v) is 5.06. The molecule has 1 rings (SSSR count). The first-order valence-electron chi connectivity index (χ1n) is 4.72. The van der Waals surface area contributed by atoms with Crippen LogP contribution in [0.15, 0.2) is 71.0 Å². The van der Waals surface area contributed by atoms with Crippen LogP contribution < -0.4 is 0 Å². The van der Waals surface area contributed by atoms with Gasteiger partial charge >= 0.3 is 0 Å². The molecule has 0 saturated carbocycles. The van der Waals surface area contributed by atoms with E-state index in [1.165, 1.54) is 9.80 Å². The quantitative estimate of drug-likeness (QED) is 0.515. The summed E-state index contributed by atoms with van der Waals surface area (Å²) in [7, 11) is 3.50. The fourth-order valence-corrected chi connectivity index (χ4v) is 3.01. The second-order valence-electron chi connectivity index (χ2n) is 2.78. The highest BCUT2D eigenvalue weighted by atomic mass is 33.1. The van der Waals surface area contributed by atoms with E-state index in [1.54, 1.807) is 21.6 Å². The van der Waals surface area contributed by atoms with Crippen LogP contribution in [0.1, 0.15) is 6.92 Å². The Hall–Kier alpha value is -0.860. The minimum Gasteiger partial charge on any atom is -0.0990 e. The topological polar surface area (TPSA) is 0 Å². The van der Waals surface area contributed by atoms with Crippen LogP contribution in [0.5, 0.6) is 0 Å². The third-order valence-corrected chi connectivity index (χ3v) is 4.01. The van der Waals surface area contributed by atoms with E-state index in [2.05, 4.69) is 36.9 Å². The Balaban J connectivity index is 2.55. The maximum absolute atomic E-state index is 3.70. The zero-order chi connectivity index (χ0) is 10.9. The molecule has 0 aromatic heterocycles. The Labute approximate surface area is 99.6 Å². The molecule has 15 heavy (non-hydrogen) atoms. The van der Waals surface area contributed by atoms with Crippen molar-refractivity contribution in [3.63, 3.8) is 0 Å². The zero-order valence-corrected chi connectivity index (χ0v) is 10.4. The summed E-state index contributed by atoms with van der Waals surface area (Å²) >= 11 is 0. The Morgan fingerprint density at radius 2 is 2.00 bits per heavy atom. The highest BCUT2D eigenvalue weighted by Crippen LogP contribution is 2.37. The average molecular weight is 234 g/mol. The SMILES string of the molecule is C=C/C=C(\C=C/C)SSc1ccccc1. The van der Waals surface area contributed by atoms with E-state index in [0.717, 1.165) is 0 Å². The predicted molar refractivity (Wildman–Crippen MR) is 73.0 cm³/mol. The molecule has 78 valence electrons. The molecular weight excluding hydrogens is 220 g/mol. The molecule has 1 aromatic rings. The number of benzene rings is 1. The van der Waals surface area contributed by atoms with Gasteiger partial charge in [0.1, 0.15) is 0 Å². The van der Waals surface area contributed by atoms with E-state index in [1.807, 2.05) is 31.2 Å². The molecule has 0 saturated heterocycles. The van der Waals surface area contributed by atoms with Gasteiger partial charge in [0.05, 0.1) is 0 Å². The summed E-state index contributed by atoms with van der Waals surface area (Å²) in [5, 5.41) is 0. The van der Waals surface area contributed by atoms with Crippen LogP contribution in [0.25, 0.3) is 0 Å². The van der Waals surface area contributed by atoms with Crippen molar-refractivity contribution < 1.29 is 0 Å². The van der Waals surface area contributed by atoms with Gasteiger partial charge in [-0.1, -0.05) is 64.6 Å². The van der Waals surface area contributed by atoms with Gasteiger partial charge in [-0.2, -0.15) is 0 Å². The minimum absolute atomic E-state index is 1.21. The highest BCUT2D eigenvalue weighted by Gasteiger charge is 1.95. The van der Waals surface area contributed by atoms with Crippen LogP contribution >= 0.6 is 21.6 Å². The molecule has 2 heteroatoms. The summed E-state index contributed by atoms with van der Waals surface area (Å²) in [6.07, 6.45) is 7.95. The van der Waals surface area contributed by atoms with Crippen molar-refractivity contribution in [2.24, 2.45) is 0 Å². The molecule has 0 aliphatic heterocycles. The minimum atomic E-state index is 1.21. The van der Waals surface area contributed by atoms with Crippen molar-refractivity contribution in [2.45, 2.75) is 11.8 Å². The zero-order valence-electron chi connectivity index (χ0n) is 8.72. The Morgan fingerprint density at radius 3 is 2.60 bits per heavy atom. The van der Waals surface area contributed by atoms with Gasteiger partial charge in [-0.05, 0) is 25.1 Å². The first-order chi connectivity index (χ1) is 7.36. The lowest BCUT2D eigenvalue weighted by molar-refractivity contribution is 1.48. The molecule has 0 spiro atoms. The lowest BCUT2D eigenvalue weighted by Crippen LogP contribution is -1.68. The third-order valence-electron chi connectivity index (χ3n) is 1.59. The van der Waals surface area contributed by atoms with Crippen LogP contribution in [0, 0.1) is 0 Å². The molecular formula is C13H14S2. The van der Waals surface area contributed by atoms with Crippen molar-refractivity contribution in [3.8, 4) is 0 Å². The van der Waals surface area contributed by atoms with Gasteiger partial charge in [0.25, 0.3) is 0 Å². The average Bonchev–Trinajstić information content (AvgIpc) is 2.28. The summed E-state index contributed by atoms with van der Waals surface area (Å²) in [6, 6.07) is 10.4. The Bertz CT molecular complexity index is 350. The van der Waals surface area contributed by atoms with E-state index in [0.29, 0.717) is 0 Å². The predicted octanol–water partition coefficient (Wildman–Crippen LogP) is 5.07. The fourth-order valence-electron chi connectivity index (χ4n) is 0.964. The van der Waals surface area contributed by atoms with Crippen molar-refractivity contribution in [3.05, 3.63) is 66.1 Å². The largest absolute Gasteiger partial charge is 0.0990 e. The third kappa shape index (κ3) is 4.96. The molecule has 0 aliphatic carbocycles. The van der Waals surface area contributed by atoms with Crippen molar-refractivity contribution >= 4 is 21.6 Å². The van der Waals surface area contributed by atoms with Gasteiger partial charge in [-0.25, -0.2) is 0 Å². The lowest BCUT2D eigenvalue weighted by atomic mass is 10.4. The number of allylic oxidation sites excluding steroid dienone is 4. The van der Waals surface area contributed by atoms with Gasteiger partial charge in [-0.3, -0.25) is 0 Å². The molecule has 0 radical (unpaired) electrons. The normalized spacial score (nSPS) is 11.9. The van der Waals surface area contributed by atoms with Crippen molar-refractivity contribution in [1.82, 2.24) is 0 Å². The lowest BCUT2D eigenvalue weighted by Gasteiger charge is -2.00. The summed E-state index contributed by atoms with van der Waals surface area (Å²) in [4.78, 5) is 2.48. The summed E-state index contributed by atoms with van der Waals surface area (Å²) in [5.74, 6) is 0. The molecule has 0 amide bonds. The molecule has 0 aliphatic rings. The Kier molecular flexibility index (Phi) is 6.05. The van der Waals surface area contributed by atoms with Gasteiger partial charge < -0.3 is 0 Å². The Morgan fingerprint density at radius 1 is 1.27 bits per heavy atom. The number of rotatable bonds is 5. The first kappa shape index (κ1) is 12.2. The van der Waals surface area contributed by atoms with Crippen LogP contribution in [-0.2, 0) is 0 Å². The van der Waals surface area contributed by atoms with Gasteiger partial charge in [0.2, 0.25) is 0 Å².